The van der Waals surface area contributed by atoms with Crippen molar-refractivity contribution in [2.24, 2.45) is 0 Å². The van der Waals surface area contributed by atoms with Gasteiger partial charge in [0.1, 0.15) is 6.04 Å². The van der Waals surface area contributed by atoms with Crippen LogP contribution in [0.5, 0.6) is 0 Å². The van der Waals surface area contributed by atoms with Crippen molar-refractivity contribution in [2.45, 2.75) is 25.9 Å². The topological polar surface area (TPSA) is 91.3 Å². The minimum Gasteiger partial charge on any atom is -0.480 e. The molecule has 0 bridgehead atoms. The number of benzene rings is 1. The third kappa shape index (κ3) is 5.54. The Labute approximate surface area is 142 Å². The van der Waals surface area contributed by atoms with Crippen LogP contribution in [0.1, 0.15) is 17.4 Å². The number of carboxylic acid groups (broad SMARTS) is 1. The van der Waals surface area contributed by atoms with Gasteiger partial charge in [-0.15, -0.1) is 11.3 Å². The van der Waals surface area contributed by atoms with Crippen LogP contribution in [0, 0.1) is 0 Å². The Bertz CT molecular complexity index is 688. The summed E-state index contributed by atoms with van der Waals surface area (Å²) in [5.41, 5.74) is 1.74. The maximum Gasteiger partial charge on any atom is 0.326 e. The monoisotopic (exact) mass is 353 g/mol. The number of nitrogens with zero attached hydrogens (tertiary/aromatic N) is 1. The molecule has 3 N–H and O–H groups in total. The maximum absolute atomic E-state index is 11.1. The fraction of sp³-hybridized carbons (Fsp3) is 0.267. The van der Waals surface area contributed by atoms with E-state index in [2.05, 4.69) is 15.6 Å². The van der Waals surface area contributed by atoms with E-state index in [4.69, 9.17) is 16.7 Å². The first kappa shape index (κ1) is 17.2. The van der Waals surface area contributed by atoms with Crippen molar-refractivity contribution in [3.05, 3.63) is 45.4 Å². The van der Waals surface area contributed by atoms with Gasteiger partial charge >= 0.3 is 5.97 Å². The summed E-state index contributed by atoms with van der Waals surface area (Å²) in [5, 5.41) is 14.8. The molecule has 0 saturated heterocycles. The standard InChI is InChI=1S/C15H16ClN3O3S/c1-9(20)19-13(14(21)22)6-10-2-4-11(5-3-10)17-7-12-8-18-15(16)23-12/h2-5,8,13,17H,6-7H2,1H3,(H,19,20)(H,21,22). The number of hydrogen-bond acceptors (Lipinski definition) is 5. The normalized spacial score (nSPS) is 11.7. The largest absolute Gasteiger partial charge is 0.480 e. The number of thiazole rings is 1. The van der Waals surface area contributed by atoms with Crippen molar-refractivity contribution < 1.29 is 14.7 Å². The lowest BCUT2D eigenvalue weighted by Crippen LogP contribution is -2.41. The molecule has 2 rings (SSSR count). The zero-order valence-electron chi connectivity index (χ0n) is 12.4. The SMILES string of the molecule is CC(=O)NC(Cc1ccc(NCc2cnc(Cl)s2)cc1)C(=O)O. The van der Waals surface area contributed by atoms with Gasteiger partial charge in [0.05, 0.1) is 6.54 Å². The van der Waals surface area contributed by atoms with Crippen molar-refractivity contribution in [2.75, 3.05) is 5.32 Å². The van der Waals surface area contributed by atoms with Gasteiger partial charge in [0.25, 0.3) is 0 Å². The van der Waals surface area contributed by atoms with Crippen molar-refractivity contribution in [3.63, 3.8) is 0 Å². The summed E-state index contributed by atoms with van der Waals surface area (Å²) in [5.74, 6) is -1.41. The Balaban J connectivity index is 1.92. The van der Waals surface area contributed by atoms with E-state index in [-0.39, 0.29) is 12.3 Å². The van der Waals surface area contributed by atoms with Crippen LogP contribution in [0.2, 0.25) is 4.47 Å². The van der Waals surface area contributed by atoms with Gasteiger partial charge in [-0.3, -0.25) is 4.79 Å². The first-order chi connectivity index (χ1) is 10.9. The summed E-state index contributed by atoms with van der Waals surface area (Å²) in [4.78, 5) is 27.1. The van der Waals surface area contributed by atoms with Gasteiger partial charge in [-0.1, -0.05) is 23.7 Å². The average molecular weight is 354 g/mol. The molecule has 0 aliphatic rings. The lowest BCUT2D eigenvalue weighted by molar-refractivity contribution is -0.141. The molecule has 1 aromatic carbocycles. The molecule has 1 heterocycles. The molecular formula is C15H16ClN3O3S. The fourth-order valence-electron chi connectivity index (χ4n) is 1.99. The van der Waals surface area contributed by atoms with Crippen molar-refractivity contribution in [1.82, 2.24) is 10.3 Å². The fourth-order valence-corrected chi connectivity index (χ4v) is 2.91. The third-order valence-corrected chi connectivity index (χ3v) is 4.18. The Morgan fingerprint density at radius 1 is 1.35 bits per heavy atom. The zero-order valence-corrected chi connectivity index (χ0v) is 13.9. The molecule has 0 spiro atoms. The van der Waals surface area contributed by atoms with Gasteiger partial charge in [0.15, 0.2) is 4.47 Å². The Kier molecular flexibility index (Phi) is 5.95. The van der Waals surface area contributed by atoms with E-state index in [9.17, 15) is 9.59 Å². The van der Waals surface area contributed by atoms with Gasteiger partial charge in [0, 0.05) is 30.1 Å². The summed E-state index contributed by atoms with van der Waals surface area (Å²) in [6.45, 7) is 1.92. The number of aromatic nitrogens is 1. The molecular weight excluding hydrogens is 338 g/mol. The first-order valence-electron chi connectivity index (χ1n) is 6.87. The summed E-state index contributed by atoms with van der Waals surface area (Å²) in [7, 11) is 0. The molecule has 1 amide bonds. The molecule has 2 aromatic rings. The smallest absolute Gasteiger partial charge is 0.326 e. The minimum absolute atomic E-state index is 0.236. The van der Waals surface area contributed by atoms with Gasteiger partial charge in [-0.25, -0.2) is 9.78 Å². The van der Waals surface area contributed by atoms with Crippen LogP contribution in [0.15, 0.2) is 30.5 Å². The summed E-state index contributed by atoms with van der Waals surface area (Å²) < 4.78 is 0.509. The predicted molar refractivity (Wildman–Crippen MR) is 89.8 cm³/mol. The number of carboxylic acids is 1. The zero-order chi connectivity index (χ0) is 16.8. The number of halogens is 1. The van der Waals surface area contributed by atoms with Gasteiger partial charge < -0.3 is 15.7 Å². The highest BCUT2D eigenvalue weighted by Crippen LogP contribution is 2.19. The van der Waals surface area contributed by atoms with Gasteiger partial charge in [0.2, 0.25) is 5.91 Å². The number of nitrogens with one attached hydrogen (secondary N) is 2. The molecule has 23 heavy (non-hydrogen) atoms. The molecule has 1 atom stereocenters. The van der Waals surface area contributed by atoms with E-state index in [1.54, 1.807) is 6.20 Å². The molecule has 8 heteroatoms. The lowest BCUT2D eigenvalue weighted by atomic mass is 10.1. The second-order valence-corrected chi connectivity index (χ2v) is 6.62. The molecule has 1 unspecified atom stereocenters. The maximum atomic E-state index is 11.1. The minimum atomic E-state index is -1.05. The lowest BCUT2D eigenvalue weighted by Gasteiger charge is -2.13. The molecule has 0 radical (unpaired) electrons. The molecule has 0 fully saturated rings. The van der Waals surface area contributed by atoms with Crippen molar-refractivity contribution >= 4 is 40.5 Å². The van der Waals surface area contributed by atoms with Crippen LogP contribution in [-0.4, -0.2) is 28.0 Å². The van der Waals surface area contributed by atoms with Gasteiger partial charge in [-0.05, 0) is 17.7 Å². The van der Waals surface area contributed by atoms with E-state index < -0.39 is 12.0 Å². The number of carbonyl (C=O) groups excluding carboxylic acids is 1. The Hall–Kier alpha value is -2.12. The Morgan fingerprint density at radius 3 is 2.57 bits per heavy atom. The first-order valence-corrected chi connectivity index (χ1v) is 8.06. The van der Waals surface area contributed by atoms with Crippen LogP contribution in [0.4, 0.5) is 5.69 Å². The number of amides is 1. The highest BCUT2D eigenvalue weighted by atomic mass is 35.5. The summed E-state index contributed by atoms with van der Waals surface area (Å²) in [6.07, 6.45) is 1.96. The Morgan fingerprint density at radius 2 is 2.04 bits per heavy atom. The molecule has 0 saturated carbocycles. The second-order valence-electron chi connectivity index (χ2n) is 4.93. The van der Waals surface area contributed by atoms with Gasteiger partial charge in [-0.2, -0.15) is 0 Å². The number of aliphatic carboxylic acids is 1. The summed E-state index contributed by atoms with van der Waals surface area (Å²) >= 11 is 7.19. The van der Waals surface area contributed by atoms with E-state index in [1.165, 1.54) is 18.3 Å². The summed E-state index contributed by atoms with van der Waals surface area (Å²) in [6, 6.07) is 6.47. The van der Waals surface area contributed by atoms with E-state index in [0.29, 0.717) is 11.0 Å². The van der Waals surface area contributed by atoms with Crippen molar-refractivity contribution in [3.8, 4) is 0 Å². The van der Waals surface area contributed by atoms with E-state index >= 15 is 0 Å². The highest BCUT2D eigenvalue weighted by molar-refractivity contribution is 7.15. The van der Waals surface area contributed by atoms with Crippen LogP contribution in [0.3, 0.4) is 0 Å². The molecule has 6 nitrogen and oxygen atoms in total. The van der Waals surface area contributed by atoms with Crippen LogP contribution < -0.4 is 10.6 Å². The quantitative estimate of drug-likeness (QED) is 0.711. The molecule has 0 aliphatic heterocycles. The average Bonchev–Trinajstić information content (AvgIpc) is 2.91. The number of rotatable bonds is 7. The number of anilines is 1. The highest BCUT2D eigenvalue weighted by Gasteiger charge is 2.18. The second kappa shape index (κ2) is 7.94. The van der Waals surface area contributed by atoms with E-state index in [1.807, 2.05) is 24.3 Å². The third-order valence-electron chi connectivity index (χ3n) is 3.06. The van der Waals surface area contributed by atoms with Crippen LogP contribution >= 0.6 is 22.9 Å². The predicted octanol–water partition coefficient (Wildman–Crippen LogP) is 2.54. The van der Waals surface area contributed by atoms with Crippen LogP contribution in [-0.2, 0) is 22.6 Å². The molecule has 1 aromatic heterocycles. The number of hydrogen-bond donors (Lipinski definition) is 3. The molecule has 122 valence electrons. The van der Waals surface area contributed by atoms with Crippen LogP contribution in [0.25, 0.3) is 0 Å². The number of carbonyl (C=O) groups is 2. The molecule has 0 aliphatic carbocycles. The van der Waals surface area contributed by atoms with Crippen molar-refractivity contribution in [1.29, 1.82) is 0 Å². The van der Waals surface area contributed by atoms with E-state index in [0.717, 1.165) is 16.1 Å².